The Morgan fingerprint density at radius 2 is 1.74 bits per heavy atom. The predicted octanol–water partition coefficient (Wildman–Crippen LogP) is 3.12. The molecule has 2 aromatic rings. The summed E-state index contributed by atoms with van der Waals surface area (Å²) in [5, 5.41) is 2.95. The Bertz CT molecular complexity index is 893. The first-order valence-electron chi connectivity index (χ1n) is 8.96. The highest BCUT2D eigenvalue weighted by Crippen LogP contribution is 2.24. The van der Waals surface area contributed by atoms with Gasteiger partial charge in [0, 0.05) is 12.1 Å². The third-order valence-corrected chi connectivity index (χ3v) is 6.60. The maximum Gasteiger partial charge on any atom is 0.251 e. The molecule has 1 aliphatic rings. The molecule has 0 unspecified atom stereocenters. The lowest BCUT2D eigenvalue weighted by molar-refractivity contribution is 0.0940. The van der Waals surface area contributed by atoms with Gasteiger partial charge in [-0.3, -0.25) is 9.10 Å². The van der Waals surface area contributed by atoms with Crippen LogP contribution in [0.15, 0.2) is 48.5 Å². The van der Waals surface area contributed by atoms with Crippen molar-refractivity contribution in [3.05, 3.63) is 59.7 Å². The summed E-state index contributed by atoms with van der Waals surface area (Å²) in [6.45, 7) is 2.40. The van der Waals surface area contributed by atoms with Gasteiger partial charge in [0.15, 0.2) is 0 Å². The average Bonchev–Trinajstić information content (AvgIpc) is 2.68. The Hall–Kier alpha value is -2.54. The molecule has 27 heavy (non-hydrogen) atoms. The highest BCUT2D eigenvalue weighted by atomic mass is 32.2. The molecule has 0 saturated carbocycles. The van der Waals surface area contributed by atoms with E-state index in [0.717, 1.165) is 17.7 Å². The number of nitrogens with one attached hydrogen (secondary N) is 1. The summed E-state index contributed by atoms with van der Waals surface area (Å²) in [5.74, 6) is 0.737. The van der Waals surface area contributed by atoms with Crippen LogP contribution >= 0.6 is 0 Å². The molecular weight excluding hydrogens is 364 g/mol. The number of benzene rings is 2. The van der Waals surface area contributed by atoms with Gasteiger partial charge in [0.25, 0.3) is 5.91 Å². The molecule has 2 aromatic carbocycles. The standard InChI is InChI=1S/C20H24N2O4S/c1-15(16-7-11-19(26-2)12-8-16)21-20(23)17-5-9-18(10-6-17)22-13-3-4-14-27(22,24)25/h5-12,15H,3-4,13-14H2,1-2H3,(H,21,23)/t15-/m0/s1. The quantitative estimate of drug-likeness (QED) is 0.854. The van der Waals surface area contributed by atoms with E-state index in [4.69, 9.17) is 4.74 Å². The molecule has 0 radical (unpaired) electrons. The molecule has 1 N–H and O–H groups in total. The number of sulfonamides is 1. The fraction of sp³-hybridized carbons (Fsp3) is 0.350. The molecule has 1 aliphatic heterocycles. The van der Waals surface area contributed by atoms with Crippen molar-refractivity contribution < 1.29 is 17.9 Å². The predicted molar refractivity (Wildman–Crippen MR) is 106 cm³/mol. The molecule has 7 heteroatoms. The summed E-state index contributed by atoms with van der Waals surface area (Å²) in [6.07, 6.45) is 1.55. The fourth-order valence-corrected chi connectivity index (χ4v) is 4.75. The van der Waals surface area contributed by atoms with Crippen LogP contribution in [0.2, 0.25) is 0 Å². The van der Waals surface area contributed by atoms with Crippen molar-refractivity contribution in [2.75, 3.05) is 23.7 Å². The molecule has 0 aromatic heterocycles. The van der Waals surface area contributed by atoms with Gasteiger partial charge in [0.05, 0.1) is 24.6 Å². The molecular formula is C20H24N2O4S. The van der Waals surface area contributed by atoms with E-state index in [2.05, 4.69) is 5.32 Å². The molecule has 6 nitrogen and oxygen atoms in total. The first-order chi connectivity index (χ1) is 12.9. The Morgan fingerprint density at radius 1 is 1.07 bits per heavy atom. The van der Waals surface area contributed by atoms with Gasteiger partial charge in [-0.25, -0.2) is 8.42 Å². The molecule has 0 spiro atoms. The third kappa shape index (κ3) is 4.42. The first kappa shape index (κ1) is 19.2. The zero-order valence-electron chi connectivity index (χ0n) is 15.5. The van der Waals surface area contributed by atoms with E-state index < -0.39 is 10.0 Å². The Kier molecular flexibility index (Phi) is 5.70. The third-order valence-electron chi connectivity index (χ3n) is 4.73. The lowest BCUT2D eigenvalue weighted by Crippen LogP contribution is -2.37. The van der Waals surface area contributed by atoms with Gasteiger partial charge >= 0.3 is 0 Å². The highest BCUT2D eigenvalue weighted by molar-refractivity contribution is 7.92. The minimum atomic E-state index is -3.25. The number of amides is 1. The van der Waals surface area contributed by atoms with Crippen molar-refractivity contribution in [3.8, 4) is 5.75 Å². The van der Waals surface area contributed by atoms with E-state index in [1.165, 1.54) is 4.31 Å². The topological polar surface area (TPSA) is 75.7 Å². The smallest absolute Gasteiger partial charge is 0.251 e. The fourth-order valence-electron chi connectivity index (χ4n) is 3.11. The van der Waals surface area contributed by atoms with Gasteiger partial charge in [-0.1, -0.05) is 12.1 Å². The van der Waals surface area contributed by atoms with Crippen LogP contribution in [0.1, 0.15) is 41.7 Å². The van der Waals surface area contributed by atoms with E-state index in [9.17, 15) is 13.2 Å². The zero-order valence-corrected chi connectivity index (χ0v) is 16.3. The lowest BCUT2D eigenvalue weighted by Gasteiger charge is -2.28. The molecule has 1 saturated heterocycles. The molecule has 0 aliphatic carbocycles. The summed E-state index contributed by atoms with van der Waals surface area (Å²) < 4.78 is 30.9. The lowest BCUT2D eigenvalue weighted by atomic mass is 10.1. The summed E-state index contributed by atoms with van der Waals surface area (Å²) in [5.41, 5.74) is 2.07. The number of methoxy groups -OCH3 is 1. The van der Waals surface area contributed by atoms with Gasteiger partial charge in [0.1, 0.15) is 5.75 Å². The van der Waals surface area contributed by atoms with E-state index in [1.54, 1.807) is 31.4 Å². The summed E-state index contributed by atoms with van der Waals surface area (Å²) in [4.78, 5) is 12.5. The van der Waals surface area contributed by atoms with Crippen molar-refractivity contribution in [1.29, 1.82) is 0 Å². The average molecular weight is 388 g/mol. The minimum Gasteiger partial charge on any atom is -0.497 e. The van der Waals surface area contributed by atoms with Crippen LogP contribution in [0.25, 0.3) is 0 Å². The maximum absolute atomic E-state index is 12.5. The number of hydrogen-bond donors (Lipinski definition) is 1. The number of carbonyl (C=O) groups excluding carboxylic acids is 1. The van der Waals surface area contributed by atoms with Gasteiger partial charge in [-0.2, -0.15) is 0 Å². The Balaban J connectivity index is 1.68. The van der Waals surface area contributed by atoms with Crippen molar-refractivity contribution in [2.24, 2.45) is 0 Å². The van der Waals surface area contributed by atoms with Crippen LogP contribution in [0, 0.1) is 0 Å². The minimum absolute atomic E-state index is 0.162. The van der Waals surface area contributed by atoms with Crippen LogP contribution in [0.4, 0.5) is 5.69 Å². The van der Waals surface area contributed by atoms with E-state index in [1.807, 2.05) is 31.2 Å². The number of anilines is 1. The van der Waals surface area contributed by atoms with E-state index in [0.29, 0.717) is 24.2 Å². The van der Waals surface area contributed by atoms with Gasteiger partial charge in [-0.15, -0.1) is 0 Å². The second kappa shape index (κ2) is 8.00. The monoisotopic (exact) mass is 388 g/mol. The molecule has 1 atom stereocenters. The number of nitrogens with zero attached hydrogens (tertiary/aromatic N) is 1. The van der Waals surface area contributed by atoms with Crippen LogP contribution in [-0.4, -0.2) is 33.7 Å². The molecule has 1 heterocycles. The normalized spacial score (nSPS) is 17.2. The molecule has 144 valence electrons. The molecule has 0 bridgehead atoms. The number of carbonyl (C=O) groups is 1. The van der Waals surface area contributed by atoms with Crippen LogP contribution in [-0.2, 0) is 10.0 Å². The second-order valence-electron chi connectivity index (χ2n) is 6.61. The van der Waals surface area contributed by atoms with Crippen LogP contribution < -0.4 is 14.4 Å². The van der Waals surface area contributed by atoms with Crippen molar-refractivity contribution >= 4 is 21.6 Å². The van der Waals surface area contributed by atoms with Gasteiger partial charge in [0.2, 0.25) is 10.0 Å². The van der Waals surface area contributed by atoms with Crippen molar-refractivity contribution in [2.45, 2.75) is 25.8 Å². The van der Waals surface area contributed by atoms with Crippen LogP contribution in [0.3, 0.4) is 0 Å². The molecule has 1 amide bonds. The number of ether oxygens (including phenoxy) is 1. The van der Waals surface area contributed by atoms with Crippen molar-refractivity contribution in [1.82, 2.24) is 5.32 Å². The molecule has 1 fully saturated rings. The van der Waals surface area contributed by atoms with Crippen molar-refractivity contribution in [3.63, 3.8) is 0 Å². The van der Waals surface area contributed by atoms with Crippen LogP contribution in [0.5, 0.6) is 5.75 Å². The highest BCUT2D eigenvalue weighted by Gasteiger charge is 2.26. The Morgan fingerprint density at radius 3 is 2.33 bits per heavy atom. The SMILES string of the molecule is COc1ccc([C@H](C)NC(=O)c2ccc(N3CCCCS3(=O)=O)cc2)cc1. The maximum atomic E-state index is 12.5. The van der Waals surface area contributed by atoms with E-state index in [-0.39, 0.29) is 17.7 Å². The summed E-state index contributed by atoms with van der Waals surface area (Å²) in [6, 6.07) is 14.1. The second-order valence-corrected chi connectivity index (χ2v) is 8.62. The van der Waals surface area contributed by atoms with Gasteiger partial charge in [-0.05, 0) is 61.7 Å². The molecule has 3 rings (SSSR count). The van der Waals surface area contributed by atoms with E-state index >= 15 is 0 Å². The Labute approximate surface area is 160 Å². The van der Waals surface area contributed by atoms with Gasteiger partial charge < -0.3 is 10.1 Å². The summed E-state index contributed by atoms with van der Waals surface area (Å²) >= 11 is 0. The zero-order chi connectivity index (χ0) is 19.4. The number of hydrogen-bond acceptors (Lipinski definition) is 4. The first-order valence-corrected chi connectivity index (χ1v) is 10.6. The largest absolute Gasteiger partial charge is 0.497 e. The summed E-state index contributed by atoms with van der Waals surface area (Å²) in [7, 11) is -1.64. The number of rotatable bonds is 5.